The molecule has 0 fully saturated rings. The van der Waals surface area contributed by atoms with Gasteiger partial charge in [-0.15, -0.1) is 0 Å². The van der Waals surface area contributed by atoms with E-state index in [9.17, 15) is 52.4 Å². The minimum Gasteiger partial charge on any atom is -0.396 e. The summed E-state index contributed by atoms with van der Waals surface area (Å²) in [5.74, 6) is 3.51. The molecule has 0 saturated carbocycles. The number of nitrogen functional groups attached to an aromatic ring is 7. The molecule has 14 aromatic rings. The minimum atomic E-state index is -4.50. The lowest BCUT2D eigenvalue weighted by atomic mass is 9.96. The Morgan fingerprint density at radius 1 is 0.386 bits per heavy atom. The molecule has 14 rings (SSSR count). The molecule has 0 spiro atoms. The van der Waals surface area contributed by atoms with Gasteiger partial charge in [0.25, 0.3) is 0 Å². The SMILES string of the molecule is CCCCNc1nc(N)nc2ccc(C(F)(F)F)nc12.CCCC[C@H](CO)Nc1nc(N)nc2cc(Cl)cnc12.CCC[C@@H](CO)Nc1nc(N)nc2cc(F)c(Cl)nc12.CCC[C@@H](CO)Nc1nc(N)nc2ccc(C)nc12.CCC[C@H](Nc1nc(N)nc2cccnc12)C(=O)CC.CCC[C@H](Nc1nc(N)nc2cccnc12)C(=O)CCC(C)(C)O.CCC[C@H](Nc1nc(N)nc2cccnc12)C(=O)CCCO. The van der Waals surface area contributed by atoms with Gasteiger partial charge in [0.2, 0.25) is 41.6 Å². The number of Topliss-reactive ketones (excluding diaryl/α,β-unsaturated/α-hetero) is 3. The Hall–Kier alpha value is -14.3. The van der Waals surface area contributed by atoms with E-state index < -0.39 is 29.3 Å². The van der Waals surface area contributed by atoms with E-state index in [2.05, 4.69) is 156 Å². The second-order valence-electron chi connectivity index (χ2n) is 34.1. The molecule has 26 N–H and O–H groups in total. The molecule has 0 saturated heterocycles. The number of aryl methyl sites for hydroxylation is 1. The zero-order valence-electron chi connectivity index (χ0n) is 83.0. The van der Waals surface area contributed by atoms with Gasteiger partial charge in [0, 0.05) is 69.0 Å². The second-order valence-corrected chi connectivity index (χ2v) is 34.9. The van der Waals surface area contributed by atoms with E-state index >= 15 is 0 Å². The molecule has 6 atom stereocenters. The van der Waals surface area contributed by atoms with Crippen LogP contribution in [-0.4, -0.2) is 222 Å². The van der Waals surface area contributed by atoms with Crippen LogP contribution in [0.4, 0.5) is 99.9 Å². The van der Waals surface area contributed by atoms with Crippen LogP contribution in [0.2, 0.25) is 10.2 Å². The molecule has 0 aliphatic carbocycles. The first-order valence-corrected chi connectivity index (χ1v) is 48.6. The third kappa shape index (κ3) is 36.2. The molecule has 0 aliphatic heterocycles. The summed E-state index contributed by atoms with van der Waals surface area (Å²) in [4.78, 5) is 123. The Labute approximate surface area is 845 Å². The zero-order chi connectivity index (χ0) is 106. The quantitative estimate of drug-likeness (QED) is 0.00960. The molecule has 14 heterocycles. The van der Waals surface area contributed by atoms with Crippen molar-refractivity contribution >= 4 is 200 Å². The second kappa shape index (κ2) is 57.9. The number of carbonyl (C=O) groups excluding carboxylic acids is 3. The number of aromatic nitrogens is 21. The van der Waals surface area contributed by atoms with Gasteiger partial charge < -0.3 is 103 Å². The fourth-order valence-corrected chi connectivity index (χ4v) is 14.7. The fourth-order valence-electron chi connectivity index (χ4n) is 14.4. The lowest BCUT2D eigenvalue weighted by Crippen LogP contribution is -2.32. The number of unbranched alkanes of at least 4 members (excludes halogenated alkanes) is 2. The lowest BCUT2D eigenvalue weighted by Gasteiger charge is -2.21. The Kier molecular flexibility index (Phi) is 46.3. The van der Waals surface area contributed by atoms with Crippen LogP contribution < -0.4 is 77.4 Å². The van der Waals surface area contributed by atoms with E-state index in [0.717, 1.165) is 101 Å². The number of fused-ring (bicyclic) bond motifs is 7. The first-order valence-electron chi connectivity index (χ1n) is 47.9. The van der Waals surface area contributed by atoms with E-state index in [0.29, 0.717) is 152 Å². The summed E-state index contributed by atoms with van der Waals surface area (Å²) in [6.07, 6.45) is 17.0. The van der Waals surface area contributed by atoms with Gasteiger partial charge in [0.1, 0.15) is 44.3 Å². The van der Waals surface area contributed by atoms with E-state index in [-0.39, 0.29) is 143 Å². The van der Waals surface area contributed by atoms with Gasteiger partial charge in [-0.05, 0) is 145 Å². The normalized spacial score (nSPS) is 12.5. The van der Waals surface area contributed by atoms with Gasteiger partial charge >= 0.3 is 6.18 Å². The van der Waals surface area contributed by atoms with Gasteiger partial charge in [0.05, 0.1) is 105 Å². The number of nitrogens with zero attached hydrogens (tertiary/aromatic N) is 21. The molecule has 43 nitrogen and oxygen atoms in total. The first-order chi connectivity index (χ1) is 69.3. The monoisotopic (exact) mass is 2050 g/mol. The number of hydrogen-bond acceptors (Lipinski definition) is 43. The standard InChI is InChI=1S/C17H25N5O2.C15H21N5O2.C14H19N5O.C13H18ClN5O.C13H19N5O.C12H15ClFN5O.C12H14F3N5/c1-4-6-11(13(23)8-9-17(2,3)24)20-15-14-12(7-5-10-19-14)21-16(18)22-15;1-2-5-10(12(22)7-4-9-21)18-14-13-11(6-3-8-17-13)19-15(16)20-14;1-3-6-9(11(20)4-2)17-13-12-10(7-5-8-16-12)18-14(15)19-13;1-2-3-4-9(7-20)17-12-11-10(18-13(15)19-12)5-8(14)6-16-11;1-3-4-9(7-19)16-12-11-10(17-13(14)18-12)6-5-8(2)15-11;1-2-3-6(5-20)16-11-9-8(17-12(15)19-11)4-7(14)10(13)18-9;1-2-3-6-17-10-9-7(18-11(16)20-10)4-5-8(19-9)12(13,14)15/h5,7,10-11,24H,4,6,8-9H2,1-3H3,(H3,18,20,21,22);3,6,8,10,21H,2,4-5,7,9H2,1H3,(H3,16,18,19,20);5,7-9H,3-4,6H2,1-2H3,(H3,15,17,18,19);5-6,9,20H,2-4,7H2,1H3,(H3,15,17,18,19);5-6,9,19H,3-4,7H2,1-2H3,(H3,14,16,17,18);4,6,20H,2-3,5H2,1H3,(H3,15,16,17,19);4-5H,2-3,6H2,1H3,(H3,16,17,18,20)/t11-;10-;3*9-;6-;/m000100./s1. The van der Waals surface area contributed by atoms with Gasteiger partial charge in [-0.1, -0.05) is 130 Å². The molecule has 0 radical (unpaired) electrons. The number of aliphatic hydroxyl groups excluding tert-OH is 4. The maximum Gasteiger partial charge on any atom is 0.433 e. The smallest absolute Gasteiger partial charge is 0.396 e. The van der Waals surface area contributed by atoms with Crippen molar-refractivity contribution in [1.29, 1.82) is 0 Å². The number of pyridine rings is 7. The summed E-state index contributed by atoms with van der Waals surface area (Å²) in [6, 6.07) is 18.1. The lowest BCUT2D eigenvalue weighted by molar-refractivity contribution is -0.141. The van der Waals surface area contributed by atoms with Crippen LogP contribution in [0.3, 0.4) is 0 Å². The fraction of sp³-hybridized carbons (Fsp3) is 0.458. The Morgan fingerprint density at radius 3 is 1.14 bits per heavy atom. The highest BCUT2D eigenvalue weighted by atomic mass is 35.5. The Balaban J connectivity index is 0.000000207. The van der Waals surface area contributed by atoms with E-state index in [1.165, 1.54) is 12.3 Å². The number of rotatable bonds is 42. The van der Waals surface area contributed by atoms with Gasteiger partial charge in [-0.2, -0.15) is 48.1 Å². The summed E-state index contributed by atoms with van der Waals surface area (Å²) < 4.78 is 51.5. The maximum atomic E-state index is 13.4. The van der Waals surface area contributed by atoms with Crippen LogP contribution >= 0.6 is 23.2 Å². The Morgan fingerprint density at radius 2 is 0.745 bits per heavy atom. The van der Waals surface area contributed by atoms with Crippen molar-refractivity contribution in [3.63, 3.8) is 0 Å². The zero-order valence-corrected chi connectivity index (χ0v) is 84.6. The molecule has 0 unspecified atom stereocenters. The number of halogens is 6. The largest absolute Gasteiger partial charge is 0.433 e. The number of hydrogen-bond donors (Lipinski definition) is 19. The van der Waals surface area contributed by atoms with Gasteiger partial charge in [-0.25, -0.2) is 59.2 Å². The van der Waals surface area contributed by atoms with Crippen molar-refractivity contribution in [2.75, 3.05) is 110 Å². The number of anilines is 14. The molecule has 0 aromatic carbocycles. The summed E-state index contributed by atoms with van der Waals surface area (Å²) in [5.41, 5.74) is 46.0. The highest BCUT2D eigenvalue weighted by Crippen LogP contribution is 2.34. The number of aliphatic hydroxyl groups is 5. The van der Waals surface area contributed by atoms with Crippen molar-refractivity contribution in [2.24, 2.45) is 0 Å². The average Bonchev–Trinajstić information content (AvgIpc) is 0.775. The highest BCUT2D eigenvalue weighted by molar-refractivity contribution is 6.31. The molecule has 780 valence electrons. The minimum absolute atomic E-state index is 0.00180. The van der Waals surface area contributed by atoms with Crippen LogP contribution in [0.15, 0.2) is 97.6 Å². The molecule has 14 aromatic heterocycles. The third-order valence-electron chi connectivity index (χ3n) is 21.5. The Bertz CT molecular complexity index is 6550. The van der Waals surface area contributed by atoms with Crippen molar-refractivity contribution in [2.45, 2.75) is 253 Å². The predicted octanol–water partition coefficient (Wildman–Crippen LogP) is 14.5. The number of ketones is 3. The predicted molar refractivity (Wildman–Crippen MR) is 562 cm³/mol. The highest BCUT2D eigenvalue weighted by Gasteiger charge is 2.34. The van der Waals surface area contributed by atoms with Crippen LogP contribution in [0.1, 0.15) is 209 Å². The molecule has 49 heteroatoms. The summed E-state index contributed by atoms with van der Waals surface area (Å²) in [6.45, 7) is 22.0. The van der Waals surface area contributed by atoms with Crippen LogP contribution in [0.5, 0.6) is 0 Å². The van der Waals surface area contributed by atoms with Gasteiger partial charge in [0.15, 0.2) is 69.0 Å². The average molecular weight is 2050 g/mol. The topological polar surface area (TPSA) is 689 Å². The van der Waals surface area contributed by atoms with Crippen molar-refractivity contribution in [1.82, 2.24) is 105 Å². The maximum absolute atomic E-state index is 13.4. The number of carbonyl (C=O) groups is 3. The third-order valence-corrected chi connectivity index (χ3v) is 22.0. The van der Waals surface area contributed by atoms with E-state index in [1.54, 1.807) is 68.8 Å². The van der Waals surface area contributed by atoms with Crippen LogP contribution in [0, 0.1) is 12.7 Å². The van der Waals surface area contributed by atoms with Crippen LogP contribution in [-0.2, 0) is 20.6 Å². The van der Waals surface area contributed by atoms with Crippen molar-refractivity contribution in [3.05, 3.63) is 125 Å². The number of nitrogens with one attached hydrogen (secondary N) is 7. The van der Waals surface area contributed by atoms with Crippen molar-refractivity contribution < 1.29 is 57.5 Å². The summed E-state index contributed by atoms with van der Waals surface area (Å²) in [5, 5.41) is 68.9. The molecular weight excluding hydrogens is 1920 g/mol. The molecule has 0 bridgehead atoms. The van der Waals surface area contributed by atoms with E-state index in [1.807, 2.05) is 66.7 Å². The molecular formula is C96H131Cl2F4N35O8. The first kappa shape index (κ1) is 116. The number of nitrogens with two attached hydrogens (primary N) is 7. The molecule has 0 aliphatic rings. The molecule has 0 amide bonds. The summed E-state index contributed by atoms with van der Waals surface area (Å²) >= 11 is 11.6. The molecule has 145 heavy (non-hydrogen) atoms. The van der Waals surface area contributed by atoms with E-state index in [4.69, 9.17) is 68.4 Å². The van der Waals surface area contributed by atoms with Crippen LogP contribution in [0.25, 0.3) is 77.2 Å². The summed E-state index contributed by atoms with van der Waals surface area (Å²) in [7, 11) is 0. The van der Waals surface area contributed by atoms with Gasteiger partial charge in [-0.3, -0.25) is 29.3 Å². The van der Waals surface area contributed by atoms with Crippen molar-refractivity contribution in [3.8, 4) is 0 Å². The number of alkyl halides is 3.